The number of benzene rings is 2. The largest absolute Gasteiger partial charge is 0.249 e. The lowest BCUT2D eigenvalue weighted by atomic mass is 10.2. The fourth-order valence-electron chi connectivity index (χ4n) is 2.24. The fraction of sp³-hybridized carbons (Fsp3) is 0.0625. The average Bonchev–Trinajstić information content (AvgIpc) is 2.97. The van der Waals surface area contributed by atoms with Crippen molar-refractivity contribution in [2.24, 2.45) is 5.11 Å². The van der Waals surface area contributed by atoms with Crippen molar-refractivity contribution in [3.63, 3.8) is 0 Å². The first-order valence-corrected chi connectivity index (χ1v) is 6.62. The number of rotatable bonds is 4. The van der Waals surface area contributed by atoms with E-state index in [9.17, 15) is 0 Å². The molecule has 2 aromatic carbocycles. The van der Waals surface area contributed by atoms with E-state index >= 15 is 0 Å². The van der Waals surface area contributed by atoms with Crippen LogP contribution in [0.4, 0.5) is 5.69 Å². The summed E-state index contributed by atoms with van der Waals surface area (Å²) in [4.78, 5) is 2.87. The van der Waals surface area contributed by atoms with Gasteiger partial charge in [0.25, 0.3) is 0 Å². The molecule has 0 radical (unpaired) electrons. The van der Waals surface area contributed by atoms with E-state index in [1.807, 2.05) is 59.7 Å². The minimum atomic E-state index is 0.613. The molecule has 21 heavy (non-hydrogen) atoms. The third kappa shape index (κ3) is 2.94. The Morgan fingerprint density at radius 1 is 1.05 bits per heavy atom. The molecule has 0 saturated heterocycles. The normalized spacial score (nSPS) is 10.1. The van der Waals surface area contributed by atoms with Crippen molar-refractivity contribution in [2.45, 2.75) is 6.54 Å². The van der Waals surface area contributed by atoms with Gasteiger partial charge < -0.3 is 0 Å². The highest BCUT2D eigenvalue weighted by atomic mass is 15.2. The van der Waals surface area contributed by atoms with Crippen LogP contribution >= 0.6 is 0 Å². The van der Waals surface area contributed by atoms with E-state index in [-0.39, 0.29) is 0 Å². The molecular weight excluding hydrogens is 262 g/mol. The summed E-state index contributed by atoms with van der Waals surface area (Å²) < 4.78 is 4.04. The van der Waals surface area contributed by atoms with Crippen LogP contribution in [-0.4, -0.2) is 4.57 Å². The minimum Gasteiger partial charge on any atom is -0.232 e. The molecule has 0 spiro atoms. The van der Waals surface area contributed by atoms with E-state index in [0.29, 0.717) is 5.69 Å². The molecule has 0 unspecified atom stereocenters. The summed E-state index contributed by atoms with van der Waals surface area (Å²) in [5.41, 5.74) is 11.4. The van der Waals surface area contributed by atoms with E-state index in [1.54, 1.807) is 6.07 Å². The number of imidazole rings is 1. The lowest BCUT2D eigenvalue weighted by molar-refractivity contribution is -0.687. The summed E-state index contributed by atoms with van der Waals surface area (Å²) in [6, 6.07) is 17.8. The van der Waals surface area contributed by atoms with E-state index in [0.717, 1.165) is 12.2 Å². The molecule has 0 saturated carbocycles. The van der Waals surface area contributed by atoms with Crippen LogP contribution in [0.3, 0.4) is 0 Å². The molecule has 0 amide bonds. The highest BCUT2D eigenvalue weighted by Gasteiger charge is 2.10. The zero-order valence-electron chi connectivity index (χ0n) is 11.4. The molecule has 0 bridgehead atoms. The number of azide groups is 1. The predicted octanol–water partition coefficient (Wildman–Crippen LogP) is 3.75. The zero-order chi connectivity index (χ0) is 14.5. The van der Waals surface area contributed by atoms with E-state index in [4.69, 9.17) is 5.53 Å². The van der Waals surface area contributed by atoms with Crippen LogP contribution in [0, 0.1) is 0 Å². The highest BCUT2D eigenvalue weighted by Crippen LogP contribution is 2.22. The second-order valence-electron chi connectivity index (χ2n) is 4.66. The molecule has 1 aromatic heterocycles. The summed E-state index contributed by atoms with van der Waals surface area (Å²) in [6.45, 7) is 0.803. The van der Waals surface area contributed by atoms with Gasteiger partial charge in [-0.3, -0.25) is 0 Å². The lowest BCUT2D eigenvalue weighted by Gasteiger charge is -1.99. The number of para-hydroxylation sites is 1. The molecule has 0 aliphatic heterocycles. The first-order valence-electron chi connectivity index (χ1n) is 6.62. The first kappa shape index (κ1) is 13.0. The third-order valence-corrected chi connectivity index (χ3v) is 3.21. The Labute approximate surface area is 122 Å². The van der Waals surface area contributed by atoms with Gasteiger partial charge >= 0.3 is 0 Å². The number of hydrogen-bond acceptors (Lipinski definition) is 1. The van der Waals surface area contributed by atoms with Gasteiger partial charge in [-0.25, -0.2) is 9.13 Å². The van der Waals surface area contributed by atoms with Crippen molar-refractivity contribution < 1.29 is 4.57 Å². The Balaban J connectivity index is 1.90. The Bertz CT molecular complexity index is 785. The van der Waals surface area contributed by atoms with Gasteiger partial charge in [0.05, 0.1) is 5.69 Å². The van der Waals surface area contributed by atoms with Gasteiger partial charge in [-0.15, -0.1) is 0 Å². The molecule has 0 N–H and O–H groups in total. The number of hydrogen-bond donors (Lipinski definition) is 0. The zero-order valence-corrected chi connectivity index (χ0v) is 11.4. The average molecular weight is 276 g/mol. The topological polar surface area (TPSA) is 57.6 Å². The maximum absolute atomic E-state index is 8.63. The summed E-state index contributed by atoms with van der Waals surface area (Å²) in [6.07, 6.45) is 5.94. The van der Waals surface area contributed by atoms with E-state index < -0.39 is 0 Å². The predicted molar refractivity (Wildman–Crippen MR) is 80.3 cm³/mol. The van der Waals surface area contributed by atoms with Gasteiger partial charge in [0.15, 0.2) is 0 Å². The molecule has 102 valence electrons. The maximum Gasteiger partial charge on any atom is 0.249 e. The van der Waals surface area contributed by atoms with Crippen molar-refractivity contribution >= 4 is 5.69 Å². The second-order valence-corrected chi connectivity index (χ2v) is 4.66. The van der Waals surface area contributed by atoms with E-state index in [1.165, 1.54) is 5.56 Å². The molecule has 3 aromatic rings. The van der Waals surface area contributed by atoms with Crippen molar-refractivity contribution in [1.82, 2.24) is 4.57 Å². The van der Waals surface area contributed by atoms with Crippen LogP contribution in [-0.2, 0) is 6.54 Å². The molecule has 0 aliphatic rings. The van der Waals surface area contributed by atoms with Crippen molar-refractivity contribution in [3.8, 4) is 5.69 Å². The van der Waals surface area contributed by atoms with Gasteiger partial charge in [-0.05, 0) is 23.2 Å². The van der Waals surface area contributed by atoms with Gasteiger partial charge in [0.2, 0.25) is 6.33 Å². The van der Waals surface area contributed by atoms with Crippen molar-refractivity contribution in [2.75, 3.05) is 0 Å². The molecule has 0 aliphatic carbocycles. The highest BCUT2D eigenvalue weighted by molar-refractivity contribution is 5.56. The molecule has 1 heterocycles. The van der Waals surface area contributed by atoms with E-state index in [2.05, 4.69) is 26.7 Å². The van der Waals surface area contributed by atoms with Crippen LogP contribution in [0.5, 0.6) is 0 Å². The van der Waals surface area contributed by atoms with Crippen LogP contribution in [0.1, 0.15) is 5.56 Å². The third-order valence-electron chi connectivity index (χ3n) is 3.21. The first-order chi connectivity index (χ1) is 10.4. The summed E-state index contributed by atoms with van der Waals surface area (Å²) in [5.74, 6) is 0. The van der Waals surface area contributed by atoms with Crippen LogP contribution < -0.4 is 4.57 Å². The Morgan fingerprint density at radius 3 is 2.62 bits per heavy atom. The van der Waals surface area contributed by atoms with Crippen molar-refractivity contribution in [3.05, 3.63) is 89.3 Å². The molecule has 0 fully saturated rings. The summed E-state index contributed by atoms with van der Waals surface area (Å²) in [5, 5.41) is 3.73. The van der Waals surface area contributed by atoms with Crippen LogP contribution in [0.2, 0.25) is 0 Å². The fourth-order valence-corrected chi connectivity index (χ4v) is 2.24. The quantitative estimate of drug-likeness (QED) is 0.301. The van der Waals surface area contributed by atoms with Crippen LogP contribution in [0.25, 0.3) is 16.1 Å². The van der Waals surface area contributed by atoms with Gasteiger partial charge in [0, 0.05) is 4.91 Å². The second kappa shape index (κ2) is 5.94. The van der Waals surface area contributed by atoms with Gasteiger partial charge in [0.1, 0.15) is 24.6 Å². The smallest absolute Gasteiger partial charge is 0.232 e. The number of nitrogens with zero attached hydrogens (tertiary/aromatic N) is 5. The van der Waals surface area contributed by atoms with Crippen LogP contribution in [0.15, 0.2) is 78.4 Å². The monoisotopic (exact) mass is 276 g/mol. The SMILES string of the molecule is [N-]=[N+]=Nc1ccccc1-n1cc[n+](Cc2ccccc2)c1. The summed E-state index contributed by atoms with van der Waals surface area (Å²) in [7, 11) is 0. The summed E-state index contributed by atoms with van der Waals surface area (Å²) >= 11 is 0. The Kier molecular flexibility index (Phi) is 3.67. The van der Waals surface area contributed by atoms with Gasteiger partial charge in [-0.2, -0.15) is 0 Å². The number of aromatic nitrogens is 2. The van der Waals surface area contributed by atoms with Gasteiger partial charge in [-0.1, -0.05) is 47.6 Å². The molecular formula is C16H14N5+. The molecule has 5 heteroatoms. The Hall–Kier alpha value is -3.04. The molecule has 3 rings (SSSR count). The molecule has 0 atom stereocenters. The lowest BCUT2D eigenvalue weighted by Crippen LogP contribution is -2.31. The standard InChI is InChI=1S/C16H14N5/c17-19-18-15-8-4-5-9-16(15)21-11-10-20(13-21)12-14-6-2-1-3-7-14/h1-11,13H,12H2/q+1. The maximum atomic E-state index is 8.63. The Morgan fingerprint density at radius 2 is 1.81 bits per heavy atom. The minimum absolute atomic E-state index is 0.613. The van der Waals surface area contributed by atoms with Crippen molar-refractivity contribution in [1.29, 1.82) is 0 Å². The molecule has 5 nitrogen and oxygen atoms in total.